The zero-order chi connectivity index (χ0) is 22.5. The van der Waals surface area contributed by atoms with Crippen molar-refractivity contribution in [3.63, 3.8) is 0 Å². The third-order valence-corrected chi connectivity index (χ3v) is 6.36. The van der Waals surface area contributed by atoms with Crippen molar-refractivity contribution in [2.75, 3.05) is 27.4 Å². The number of ether oxygens (including phenoxy) is 4. The molecule has 2 aliphatic rings. The van der Waals surface area contributed by atoms with Crippen LogP contribution in [0.15, 0.2) is 30.3 Å². The van der Waals surface area contributed by atoms with Crippen LogP contribution in [0.25, 0.3) is 11.1 Å². The van der Waals surface area contributed by atoms with E-state index in [9.17, 15) is 9.59 Å². The van der Waals surface area contributed by atoms with Gasteiger partial charge in [0.15, 0.2) is 17.3 Å². The molecule has 1 fully saturated rings. The fourth-order valence-corrected chi connectivity index (χ4v) is 4.70. The van der Waals surface area contributed by atoms with Crippen LogP contribution in [0.4, 0.5) is 0 Å². The van der Waals surface area contributed by atoms with Gasteiger partial charge in [0.25, 0.3) is 0 Å². The van der Waals surface area contributed by atoms with Crippen molar-refractivity contribution in [3.8, 4) is 28.4 Å². The van der Waals surface area contributed by atoms with Gasteiger partial charge in [0.05, 0.1) is 14.2 Å². The largest absolute Gasteiger partial charge is 0.493 e. The summed E-state index contributed by atoms with van der Waals surface area (Å²) in [5.41, 5.74) is 3.62. The first kappa shape index (κ1) is 22.2. The van der Waals surface area contributed by atoms with Crippen LogP contribution in [0, 0.1) is 5.92 Å². The molecule has 4 rings (SSSR count). The van der Waals surface area contributed by atoms with E-state index in [-0.39, 0.29) is 25.0 Å². The van der Waals surface area contributed by atoms with Crippen LogP contribution in [-0.4, -0.2) is 39.2 Å². The van der Waals surface area contributed by atoms with Gasteiger partial charge in [-0.2, -0.15) is 0 Å². The van der Waals surface area contributed by atoms with Crippen molar-refractivity contribution in [3.05, 3.63) is 41.5 Å². The first-order chi connectivity index (χ1) is 15.6. The number of methoxy groups -OCH3 is 2. The summed E-state index contributed by atoms with van der Waals surface area (Å²) in [7, 11) is 3.14. The Bertz CT molecular complexity index is 990. The average Bonchev–Trinajstić information content (AvgIpc) is 3.45. The number of carbonyl (C=O) groups excluding carboxylic acids is 2. The van der Waals surface area contributed by atoms with Gasteiger partial charge >= 0.3 is 5.97 Å². The van der Waals surface area contributed by atoms with Crippen LogP contribution in [0.3, 0.4) is 0 Å². The predicted molar refractivity (Wildman–Crippen MR) is 121 cm³/mol. The minimum atomic E-state index is -0.165. The summed E-state index contributed by atoms with van der Waals surface area (Å²) < 4.78 is 22.5. The molecule has 0 unspecified atom stereocenters. The minimum Gasteiger partial charge on any atom is -0.493 e. The summed E-state index contributed by atoms with van der Waals surface area (Å²) in [6.45, 7) is 0.375. The van der Waals surface area contributed by atoms with Crippen LogP contribution in [0.1, 0.15) is 54.4 Å². The molecule has 0 bridgehead atoms. The normalized spacial score (nSPS) is 15.5. The zero-order valence-electron chi connectivity index (χ0n) is 18.8. The maximum atomic E-state index is 12.1. The van der Waals surface area contributed by atoms with Gasteiger partial charge in [0.1, 0.15) is 13.2 Å². The molecule has 0 aliphatic heterocycles. The van der Waals surface area contributed by atoms with Gasteiger partial charge in [-0.3, -0.25) is 9.59 Å². The van der Waals surface area contributed by atoms with Gasteiger partial charge in [0, 0.05) is 24.0 Å². The van der Waals surface area contributed by atoms with E-state index in [1.165, 1.54) is 12.8 Å². The number of rotatable bonds is 9. The van der Waals surface area contributed by atoms with E-state index in [0.29, 0.717) is 36.0 Å². The molecule has 0 aromatic heterocycles. The first-order valence-corrected chi connectivity index (χ1v) is 11.3. The molecule has 0 saturated heterocycles. The number of aryl methyl sites for hydroxylation is 1. The summed E-state index contributed by atoms with van der Waals surface area (Å²) >= 11 is 0. The molecule has 2 aliphatic carbocycles. The van der Waals surface area contributed by atoms with E-state index >= 15 is 0 Å². The number of hydrogen-bond donors (Lipinski definition) is 0. The topological polar surface area (TPSA) is 71.1 Å². The second-order valence-electron chi connectivity index (χ2n) is 8.40. The summed E-state index contributed by atoms with van der Waals surface area (Å²) in [6.07, 6.45) is 6.43. The number of fused-ring (bicyclic) bond motifs is 1. The van der Waals surface area contributed by atoms with Gasteiger partial charge in [-0.15, -0.1) is 0 Å². The SMILES string of the molecule is COc1ccc(-c2ccc3c(c2)CCC3=O)c(OCCOC(=O)CC2CCCC2)c1OC. The lowest BCUT2D eigenvalue weighted by atomic mass is 9.99. The molecule has 32 heavy (non-hydrogen) atoms. The predicted octanol–water partition coefficient (Wildman–Crippen LogP) is 5.00. The highest BCUT2D eigenvalue weighted by molar-refractivity contribution is 6.01. The van der Waals surface area contributed by atoms with E-state index < -0.39 is 0 Å². The number of Topliss-reactive ketones (excluding diaryl/α,β-unsaturated/α-hetero) is 1. The van der Waals surface area contributed by atoms with Gasteiger partial charge in [-0.05, 0) is 48.4 Å². The lowest BCUT2D eigenvalue weighted by molar-refractivity contribution is -0.145. The molecule has 0 spiro atoms. The van der Waals surface area contributed by atoms with Crippen molar-refractivity contribution < 1.29 is 28.5 Å². The molecule has 170 valence electrons. The van der Waals surface area contributed by atoms with Crippen molar-refractivity contribution in [2.45, 2.75) is 44.9 Å². The van der Waals surface area contributed by atoms with Crippen LogP contribution in [0.5, 0.6) is 17.2 Å². The standard InChI is InChI=1S/C26H30O6/c1-29-23-12-10-21(19-7-9-20-18(16-19)8-11-22(20)27)25(26(23)30-2)32-14-13-31-24(28)15-17-5-3-4-6-17/h7,9-10,12,16-17H,3-6,8,11,13-15H2,1-2H3. The minimum absolute atomic E-state index is 0.165. The van der Waals surface area contributed by atoms with Crippen molar-refractivity contribution in [1.82, 2.24) is 0 Å². The second-order valence-corrected chi connectivity index (χ2v) is 8.40. The molecule has 0 atom stereocenters. The van der Waals surface area contributed by atoms with Gasteiger partial charge in [-0.25, -0.2) is 0 Å². The summed E-state index contributed by atoms with van der Waals surface area (Å²) in [5.74, 6) is 2.05. The number of esters is 1. The average molecular weight is 439 g/mol. The Labute approximate surface area is 188 Å². The molecule has 0 N–H and O–H groups in total. The fraction of sp³-hybridized carbons (Fsp3) is 0.462. The number of benzene rings is 2. The Kier molecular flexibility index (Phi) is 6.98. The summed E-state index contributed by atoms with van der Waals surface area (Å²) in [5, 5.41) is 0. The molecule has 6 nitrogen and oxygen atoms in total. The summed E-state index contributed by atoms with van der Waals surface area (Å²) in [4.78, 5) is 24.1. The van der Waals surface area contributed by atoms with E-state index in [4.69, 9.17) is 18.9 Å². The zero-order valence-corrected chi connectivity index (χ0v) is 18.8. The maximum Gasteiger partial charge on any atom is 0.306 e. The third kappa shape index (κ3) is 4.74. The third-order valence-electron chi connectivity index (χ3n) is 6.36. The van der Waals surface area contributed by atoms with E-state index in [1.807, 2.05) is 30.3 Å². The molecular formula is C26H30O6. The quantitative estimate of drug-likeness (QED) is 0.405. The van der Waals surface area contributed by atoms with Gasteiger partial charge in [0.2, 0.25) is 5.75 Å². The molecule has 6 heteroatoms. The van der Waals surface area contributed by atoms with Crippen LogP contribution < -0.4 is 14.2 Å². The van der Waals surface area contributed by atoms with Crippen LogP contribution >= 0.6 is 0 Å². The Morgan fingerprint density at radius 2 is 1.72 bits per heavy atom. The molecule has 0 amide bonds. The van der Waals surface area contributed by atoms with E-state index in [1.54, 1.807) is 14.2 Å². The monoisotopic (exact) mass is 438 g/mol. The Morgan fingerprint density at radius 1 is 0.938 bits per heavy atom. The molecule has 0 radical (unpaired) electrons. The van der Waals surface area contributed by atoms with Crippen LogP contribution in [-0.2, 0) is 16.0 Å². The Morgan fingerprint density at radius 3 is 2.47 bits per heavy atom. The second kappa shape index (κ2) is 10.1. The Hall–Kier alpha value is -3.02. The number of ketones is 1. The van der Waals surface area contributed by atoms with Gasteiger partial charge in [-0.1, -0.05) is 31.0 Å². The first-order valence-electron chi connectivity index (χ1n) is 11.3. The van der Waals surface area contributed by atoms with E-state index in [2.05, 4.69) is 0 Å². The fourth-order valence-electron chi connectivity index (χ4n) is 4.70. The van der Waals surface area contributed by atoms with Crippen molar-refractivity contribution >= 4 is 11.8 Å². The molecule has 2 aromatic rings. The lowest BCUT2D eigenvalue weighted by Gasteiger charge is -2.18. The lowest BCUT2D eigenvalue weighted by Crippen LogP contribution is -2.15. The van der Waals surface area contributed by atoms with Crippen LogP contribution in [0.2, 0.25) is 0 Å². The van der Waals surface area contributed by atoms with E-state index in [0.717, 1.165) is 41.5 Å². The highest BCUT2D eigenvalue weighted by atomic mass is 16.6. The smallest absolute Gasteiger partial charge is 0.306 e. The molecule has 0 heterocycles. The van der Waals surface area contributed by atoms with Crippen molar-refractivity contribution in [1.29, 1.82) is 0 Å². The number of carbonyl (C=O) groups is 2. The number of hydrogen-bond acceptors (Lipinski definition) is 6. The molecule has 2 aromatic carbocycles. The summed E-state index contributed by atoms with van der Waals surface area (Å²) in [6, 6.07) is 9.60. The highest BCUT2D eigenvalue weighted by Crippen LogP contribution is 2.45. The van der Waals surface area contributed by atoms with Crippen molar-refractivity contribution in [2.24, 2.45) is 5.92 Å². The highest BCUT2D eigenvalue weighted by Gasteiger charge is 2.23. The molecule has 1 saturated carbocycles. The van der Waals surface area contributed by atoms with Gasteiger partial charge < -0.3 is 18.9 Å². The Balaban J connectivity index is 1.49. The maximum absolute atomic E-state index is 12.1. The molecular weight excluding hydrogens is 408 g/mol.